The van der Waals surface area contributed by atoms with Crippen molar-refractivity contribution >= 4 is 0 Å². The Bertz CT molecular complexity index is 145. The first-order valence-corrected chi connectivity index (χ1v) is 6.09. The van der Waals surface area contributed by atoms with Crippen molar-refractivity contribution in [3.8, 4) is 0 Å². The molecule has 0 spiro atoms. The van der Waals surface area contributed by atoms with E-state index in [4.69, 9.17) is 0 Å². The molecule has 0 aromatic carbocycles. The third-order valence-corrected chi connectivity index (χ3v) is 3.82. The van der Waals surface area contributed by atoms with E-state index >= 15 is 0 Å². The van der Waals surface area contributed by atoms with Gasteiger partial charge in [0.1, 0.15) is 0 Å². The molecule has 0 aromatic rings. The summed E-state index contributed by atoms with van der Waals surface area (Å²) in [5.74, 6) is 2.07. The van der Waals surface area contributed by atoms with Crippen molar-refractivity contribution in [3.05, 3.63) is 0 Å². The Hall–Kier alpha value is -0.0400. The van der Waals surface area contributed by atoms with Gasteiger partial charge in [-0.2, -0.15) is 0 Å². The highest BCUT2D eigenvalue weighted by atomic mass is 14.9. The molecule has 0 aliphatic heterocycles. The summed E-state index contributed by atoms with van der Waals surface area (Å²) in [6.45, 7) is 3.64. The van der Waals surface area contributed by atoms with Gasteiger partial charge < -0.3 is 5.32 Å². The van der Waals surface area contributed by atoms with Gasteiger partial charge in [0.2, 0.25) is 0 Å². The molecule has 1 atom stereocenters. The van der Waals surface area contributed by atoms with Crippen LogP contribution in [0.3, 0.4) is 0 Å². The van der Waals surface area contributed by atoms with Crippen LogP contribution in [-0.2, 0) is 0 Å². The minimum Gasteiger partial charge on any atom is -0.314 e. The van der Waals surface area contributed by atoms with Crippen molar-refractivity contribution in [3.63, 3.8) is 0 Å². The maximum Gasteiger partial charge on any atom is 0.00669 e. The summed E-state index contributed by atoms with van der Waals surface area (Å²) in [6, 6.07) is 0.779. The largest absolute Gasteiger partial charge is 0.314 e. The third-order valence-electron chi connectivity index (χ3n) is 3.82. The van der Waals surface area contributed by atoms with Gasteiger partial charge in [-0.15, -0.1) is 0 Å². The van der Waals surface area contributed by atoms with E-state index in [1.165, 1.54) is 51.5 Å². The first kappa shape index (κ1) is 9.51. The van der Waals surface area contributed by atoms with Crippen LogP contribution in [0.2, 0.25) is 0 Å². The highest BCUT2D eigenvalue weighted by Crippen LogP contribution is 2.32. The lowest BCUT2D eigenvalue weighted by Crippen LogP contribution is -2.33. The molecule has 2 saturated carbocycles. The van der Waals surface area contributed by atoms with Gasteiger partial charge in [0, 0.05) is 6.04 Å². The summed E-state index contributed by atoms with van der Waals surface area (Å²) in [5, 5.41) is 3.70. The molecule has 0 amide bonds. The molecule has 0 heterocycles. The summed E-state index contributed by atoms with van der Waals surface area (Å²) in [7, 11) is 0. The molecule has 2 aliphatic rings. The Kier molecular flexibility index (Phi) is 3.26. The Morgan fingerprint density at radius 1 is 1.15 bits per heavy atom. The van der Waals surface area contributed by atoms with Gasteiger partial charge in [-0.05, 0) is 44.6 Å². The zero-order valence-corrected chi connectivity index (χ0v) is 8.89. The van der Waals surface area contributed by atoms with E-state index in [-0.39, 0.29) is 0 Å². The van der Waals surface area contributed by atoms with Crippen LogP contribution in [0.4, 0.5) is 0 Å². The standard InChI is InChI=1S/C12H23N/c1-10(12-4-2-3-5-12)13-9-8-11-6-7-11/h10-13H,2-9H2,1H3/t10-/m1/s1. The van der Waals surface area contributed by atoms with Crippen LogP contribution in [0.25, 0.3) is 0 Å². The van der Waals surface area contributed by atoms with Crippen molar-refractivity contribution in [2.45, 2.75) is 57.9 Å². The average Bonchev–Trinajstić information content (AvgIpc) is 2.80. The second-order valence-electron chi connectivity index (χ2n) is 5.02. The van der Waals surface area contributed by atoms with E-state index in [0.717, 1.165) is 17.9 Å². The summed E-state index contributed by atoms with van der Waals surface area (Å²) < 4.78 is 0. The van der Waals surface area contributed by atoms with E-state index < -0.39 is 0 Å². The molecule has 2 rings (SSSR count). The Balaban J connectivity index is 1.56. The van der Waals surface area contributed by atoms with Gasteiger partial charge in [-0.25, -0.2) is 0 Å². The monoisotopic (exact) mass is 181 g/mol. The van der Waals surface area contributed by atoms with Gasteiger partial charge in [0.05, 0.1) is 0 Å². The third kappa shape index (κ3) is 2.98. The molecule has 1 N–H and O–H groups in total. The number of hydrogen-bond donors (Lipinski definition) is 1. The summed E-state index contributed by atoms with van der Waals surface area (Å²) in [4.78, 5) is 0. The van der Waals surface area contributed by atoms with Gasteiger partial charge >= 0.3 is 0 Å². The number of nitrogens with one attached hydrogen (secondary N) is 1. The molecule has 0 bridgehead atoms. The van der Waals surface area contributed by atoms with Crippen molar-refractivity contribution in [2.24, 2.45) is 11.8 Å². The molecular weight excluding hydrogens is 158 g/mol. The molecule has 2 aliphatic carbocycles. The van der Waals surface area contributed by atoms with Crippen molar-refractivity contribution in [2.75, 3.05) is 6.54 Å². The van der Waals surface area contributed by atoms with Gasteiger partial charge in [-0.1, -0.05) is 25.7 Å². The first-order valence-electron chi connectivity index (χ1n) is 6.09. The summed E-state index contributed by atoms with van der Waals surface area (Å²) in [5.41, 5.74) is 0. The number of rotatable bonds is 5. The lowest BCUT2D eigenvalue weighted by atomic mass is 10.00. The Morgan fingerprint density at radius 3 is 2.46 bits per heavy atom. The van der Waals surface area contributed by atoms with Gasteiger partial charge in [0.25, 0.3) is 0 Å². The summed E-state index contributed by atoms with van der Waals surface area (Å²) in [6.07, 6.45) is 10.3. The van der Waals surface area contributed by atoms with Crippen molar-refractivity contribution in [1.29, 1.82) is 0 Å². The molecule has 0 aromatic heterocycles. The van der Waals surface area contributed by atoms with Crippen LogP contribution < -0.4 is 5.32 Å². The minimum atomic E-state index is 0.779. The van der Waals surface area contributed by atoms with Crippen LogP contribution in [0, 0.1) is 11.8 Å². The highest BCUT2D eigenvalue weighted by molar-refractivity contribution is 4.79. The Labute approximate surface area is 82.3 Å². The maximum atomic E-state index is 3.70. The van der Waals surface area contributed by atoms with Crippen LogP contribution in [0.1, 0.15) is 51.9 Å². The van der Waals surface area contributed by atoms with Crippen LogP contribution in [-0.4, -0.2) is 12.6 Å². The van der Waals surface area contributed by atoms with E-state index in [0.29, 0.717) is 0 Å². The molecule has 0 saturated heterocycles. The molecule has 0 radical (unpaired) electrons. The lowest BCUT2D eigenvalue weighted by Gasteiger charge is -2.20. The zero-order valence-electron chi connectivity index (χ0n) is 8.89. The fourth-order valence-corrected chi connectivity index (χ4v) is 2.55. The second kappa shape index (κ2) is 4.45. The molecule has 1 nitrogen and oxygen atoms in total. The second-order valence-corrected chi connectivity index (χ2v) is 5.02. The predicted octanol–water partition coefficient (Wildman–Crippen LogP) is 2.95. The Morgan fingerprint density at radius 2 is 1.85 bits per heavy atom. The van der Waals surface area contributed by atoms with Crippen molar-refractivity contribution in [1.82, 2.24) is 5.32 Å². The lowest BCUT2D eigenvalue weighted by molar-refractivity contribution is 0.377. The normalized spacial score (nSPS) is 26.5. The SMILES string of the molecule is C[C@@H](NCCC1CC1)C1CCCC1. The smallest absolute Gasteiger partial charge is 0.00669 e. The van der Waals surface area contributed by atoms with Gasteiger partial charge in [-0.3, -0.25) is 0 Å². The molecule has 0 unspecified atom stereocenters. The number of hydrogen-bond acceptors (Lipinski definition) is 1. The zero-order chi connectivity index (χ0) is 9.10. The van der Waals surface area contributed by atoms with Gasteiger partial charge in [0.15, 0.2) is 0 Å². The molecular formula is C12H23N. The maximum absolute atomic E-state index is 3.70. The van der Waals surface area contributed by atoms with E-state index in [1.54, 1.807) is 0 Å². The van der Waals surface area contributed by atoms with Crippen LogP contribution in [0.15, 0.2) is 0 Å². The fraction of sp³-hybridized carbons (Fsp3) is 1.00. The average molecular weight is 181 g/mol. The molecule has 2 fully saturated rings. The van der Waals surface area contributed by atoms with E-state index in [1.807, 2.05) is 0 Å². The molecule has 1 heteroatoms. The van der Waals surface area contributed by atoms with Crippen molar-refractivity contribution < 1.29 is 0 Å². The van der Waals surface area contributed by atoms with E-state index in [2.05, 4.69) is 12.2 Å². The predicted molar refractivity (Wildman–Crippen MR) is 56.8 cm³/mol. The van der Waals surface area contributed by atoms with Crippen LogP contribution in [0.5, 0.6) is 0 Å². The first-order chi connectivity index (χ1) is 6.36. The fourth-order valence-electron chi connectivity index (χ4n) is 2.55. The quantitative estimate of drug-likeness (QED) is 0.687. The summed E-state index contributed by atoms with van der Waals surface area (Å²) >= 11 is 0. The van der Waals surface area contributed by atoms with Crippen LogP contribution >= 0.6 is 0 Å². The van der Waals surface area contributed by atoms with E-state index in [9.17, 15) is 0 Å². The minimum absolute atomic E-state index is 0.779. The molecule has 76 valence electrons. The topological polar surface area (TPSA) is 12.0 Å². The highest BCUT2D eigenvalue weighted by Gasteiger charge is 2.23. The molecule has 13 heavy (non-hydrogen) atoms.